The topological polar surface area (TPSA) is 146 Å². The van der Waals surface area contributed by atoms with Crippen LogP contribution in [0, 0.1) is 49.4 Å². The van der Waals surface area contributed by atoms with Crippen LogP contribution in [0.15, 0.2) is 39.9 Å². The monoisotopic (exact) mass is 911 g/mol. The molecule has 8 bridgehead atoms. The van der Waals surface area contributed by atoms with Crippen molar-refractivity contribution in [3.05, 3.63) is 94.9 Å². The summed E-state index contributed by atoms with van der Waals surface area (Å²) in [6, 6.07) is -0.433. The molecule has 5 heterocycles. The van der Waals surface area contributed by atoms with Crippen LogP contribution in [0.4, 0.5) is 0 Å². The molecule has 0 aromatic carbocycles. The maximum atomic E-state index is 13.6. The van der Waals surface area contributed by atoms with Crippen LogP contribution in [0.25, 0.3) is 40.2 Å². The van der Waals surface area contributed by atoms with E-state index < -0.39 is 12.0 Å². The maximum absolute atomic E-state index is 13.6. The molecule has 4 aliphatic rings. The zero-order valence-corrected chi connectivity index (χ0v) is 43.4. The van der Waals surface area contributed by atoms with Gasteiger partial charge < -0.3 is 35.2 Å². The first kappa shape index (κ1) is 52.7. The van der Waals surface area contributed by atoms with E-state index in [-0.39, 0.29) is 76.9 Å². The Morgan fingerprint density at radius 1 is 0.879 bits per heavy atom. The largest absolute Gasteiger partial charge is 2.00 e. The number of fused-ring (bicyclic) bond motifs is 7. The van der Waals surface area contributed by atoms with Crippen molar-refractivity contribution < 1.29 is 29.0 Å². The molecule has 0 amide bonds. The van der Waals surface area contributed by atoms with E-state index >= 15 is 0 Å². The molecule has 1 aliphatic carbocycles. The quantitative estimate of drug-likeness (QED) is 0.0598. The molecule has 0 saturated carbocycles. The Morgan fingerprint density at radius 2 is 1.55 bits per heavy atom. The van der Waals surface area contributed by atoms with Gasteiger partial charge in [0.1, 0.15) is 17.9 Å². The fourth-order valence-corrected chi connectivity index (χ4v) is 10.5. The number of allylic oxidation sites excluding steroid dienone is 4. The van der Waals surface area contributed by atoms with Gasteiger partial charge in [-0.1, -0.05) is 127 Å². The average Bonchev–Trinajstić information content (AvgIpc) is 4.00. The second-order valence-corrected chi connectivity index (χ2v) is 20.0. The second-order valence-electron chi connectivity index (χ2n) is 20.0. The summed E-state index contributed by atoms with van der Waals surface area (Å²) in [5, 5.41) is 23.4. The average molecular weight is 912 g/mol. The van der Waals surface area contributed by atoms with Gasteiger partial charge in [0, 0.05) is 17.5 Å². The fraction of sp³-hybridized carbons (Fsp3) is 0.582. The fourth-order valence-electron chi connectivity index (χ4n) is 10.5. The summed E-state index contributed by atoms with van der Waals surface area (Å²) in [5.41, 5.74) is 8.47. The van der Waals surface area contributed by atoms with Gasteiger partial charge in [-0.3, -0.25) is 9.59 Å². The standard InChI is InChI=1S/C55H75N4O6.Mg/c1-13-39-34(7)41-29-46-48(38(11)60)36(9)43(57-46)27-42-35(8)40(52(58-42)50-51(55(63)64-12)54(62)49-37(10)44(59-53(49)50)28-45(39)56-41)23-24-47(61)65-26-25-33(6)22-16-21-32(5)20-15-19-31(4)18-14-17-30(2)3;/h25,27-32,35,39-40,42H,13-24,26H2,1-12H3,(H2-,58,59,62,63);/q-3;+2/p-1/b33-25+,43-27-,45-28-,46-29-;/t31-,32-,35+,39-,40+,42?;/m1./s1. The zero-order chi connectivity index (χ0) is 47.3. The van der Waals surface area contributed by atoms with Crippen molar-refractivity contribution in [3.63, 3.8) is 0 Å². The molecule has 354 valence electrons. The van der Waals surface area contributed by atoms with Gasteiger partial charge in [0.25, 0.3) is 0 Å². The number of hydrogen-bond acceptors (Lipinski definition) is 6. The van der Waals surface area contributed by atoms with Gasteiger partial charge in [-0.15, -0.1) is 33.9 Å². The molecule has 6 rings (SSSR count). The number of carbonyl (C=O) groups excluding carboxylic acids is 3. The van der Waals surface area contributed by atoms with E-state index in [1.165, 1.54) is 57.6 Å². The maximum Gasteiger partial charge on any atom is 2.00 e. The SMILES string of the molecule is CC[C@@H]1C(C)=C2/C=c3\[n-]/c(c(C)c3C(C)=O)=C\C3[N-]/C(=C4/C(C(=O)OC)=C(O)c5c4[n-]c(c5C)/C=C/1[N-]2)[C@@H](CCC(=O)OC/C=C(\C)CCC[C@H](C)CCC[C@H](C)CCCC(C)C)[C@@H]3C.[Mg+2]. The van der Waals surface area contributed by atoms with Crippen molar-refractivity contribution in [1.82, 2.24) is 9.97 Å². The van der Waals surface area contributed by atoms with Crippen LogP contribution in [-0.4, -0.2) is 65.6 Å². The molecule has 10 nitrogen and oxygen atoms in total. The molecular formula is C55H74MgN4O6-2. The van der Waals surface area contributed by atoms with Gasteiger partial charge in [-0.2, -0.15) is 11.4 Å². The third-order valence-electron chi connectivity index (χ3n) is 14.6. The van der Waals surface area contributed by atoms with Crippen molar-refractivity contribution in [2.45, 2.75) is 159 Å². The van der Waals surface area contributed by atoms with E-state index in [4.69, 9.17) is 30.1 Å². The molecule has 2 aromatic heterocycles. The second kappa shape index (κ2) is 23.2. The molecular weight excluding hydrogens is 837 g/mol. The van der Waals surface area contributed by atoms with Crippen molar-refractivity contribution in [3.8, 4) is 0 Å². The summed E-state index contributed by atoms with van der Waals surface area (Å²) in [6.45, 7) is 23.3. The van der Waals surface area contributed by atoms with Gasteiger partial charge in [0.05, 0.1) is 7.11 Å². The van der Waals surface area contributed by atoms with Crippen molar-refractivity contribution in [1.29, 1.82) is 0 Å². The Bertz CT molecular complexity index is 2420. The van der Waals surface area contributed by atoms with Gasteiger partial charge in [-0.25, -0.2) is 4.79 Å². The third-order valence-corrected chi connectivity index (χ3v) is 14.6. The van der Waals surface area contributed by atoms with Crippen LogP contribution < -0.4 is 20.7 Å². The number of esters is 2. The summed E-state index contributed by atoms with van der Waals surface area (Å²) in [6.07, 6.45) is 20.4. The minimum Gasteiger partial charge on any atom is -0.681 e. The predicted octanol–water partition coefficient (Wildman–Crippen LogP) is 11.2. The Balaban J connectivity index is 0.00000817. The Hall–Kier alpha value is -4.22. The Morgan fingerprint density at radius 3 is 2.18 bits per heavy atom. The molecule has 11 heteroatoms. The van der Waals surface area contributed by atoms with Gasteiger partial charge in [-0.05, 0) is 107 Å². The number of nitrogens with zero attached hydrogens (tertiary/aromatic N) is 4. The van der Waals surface area contributed by atoms with E-state index in [9.17, 15) is 19.5 Å². The third kappa shape index (κ3) is 11.7. The molecule has 66 heavy (non-hydrogen) atoms. The minimum atomic E-state index is -0.694. The summed E-state index contributed by atoms with van der Waals surface area (Å²) in [4.78, 5) is 50.4. The zero-order valence-electron chi connectivity index (χ0n) is 42.0. The van der Waals surface area contributed by atoms with Crippen LogP contribution in [0.5, 0.6) is 0 Å². The Labute approximate surface area is 410 Å². The van der Waals surface area contributed by atoms with E-state index in [1.54, 1.807) is 6.92 Å². The molecule has 1 saturated heterocycles. The van der Waals surface area contributed by atoms with E-state index in [0.29, 0.717) is 62.4 Å². The first-order valence-electron chi connectivity index (χ1n) is 24.4. The number of hydrogen-bond donors (Lipinski definition) is 1. The first-order chi connectivity index (χ1) is 30.9. The number of Topliss-reactive ketones (excluding diaryl/α,β-unsaturated/α-hetero) is 1. The van der Waals surface area contributed by atoms with Gasteiger partial charge >= 0.3 is 35.0 Å². The number of rotatable bonds is 20. The summed E-state index contributed by atoms with van der Waals surface area (Å²) >= 11 is 0. The van der Waals surface area contributed by atoms with Crippen LogP contribution in [-0.2, 0) is 19.1 Å². The molecule has 1 N–H and O–H groups in total. The van der Waals surface area contributed by atoms with E-state index in [1.807, 2.05) is 38.2 Å². The summed E-state index contributed by atoms with van der Waals surface area (Å²) in [7, 11) is 1.29. The van der Waals surface area contributed by atoms with Gasteiger partial charge in [0.15, 0.2) is 5.78 Å². The number of ether oxygens (including phenoxy) is 2. The predicted molar refractivity (Wildman–Crippen MR) is 268 cm³/mol. The van der Waals surface area contributed by atoms with Crippen LogP contribution in [0.2, 0.25) is 0 Å². The van der Waals surface area contributed by atoms with Gasteiger partial charge in [0.2, 0.25) is 0 Å². The number of methoxy groups -OCH3 is 1. The van der Waals surface area contributed by atoms with Crippen LogP contribution in [0.3, 0.4) is 0 Å². The summed E-state index contributed by atoms with van der Waals surface area (Å²) < 4.78 is 11.1. The minimum absolute atomic E-state index is 0. The molecule has 6 atom stereocenters. The molecule has 1 fully saturated rings. The number of carbonyl (C=O) groups is 3. The number of ketones is 1. The Kier molecular flexibility index (Phi) is 18.5. The number of aromatic nitrogens is 2. The molecule has 3 aliphatic heterocycles. The van der Waals surface area contributed by atoms with E-state index in [2.05, 4.69) is 55.4 Å². The number of aliphatic hydroxyl groups is 1. The normalized spacial score (nSPS) is 23.8. The molecule has 1 unspecified atom stereocenters. The van der Waals surface area contributed by atoms with Crippen LogP contribution >= 0.6 is 0 Å². The molecule has 2 aromatic rings. The number of aliphatic hydroxyl groups excluding tert-OH is 1. The van der Waals surface area contributed by atoms with Crippen molar-refractivity contribution in [2.24, 2.45) is 35.5 Å². The first-order valence-corrected chi connectivity index (χ1v) is 24.4. The van der Waals surface area contributed by atoms with E-state index in [0.717, 1.165) is 53.6 Å². The molecule has 0 spiro atoms. The molecule has 0 radical (unpaired) electrons. The van der Waals surface area contributed by atoms with Crippen LogP contribution in [0.1, 0.15) is 178 Å². The van der Waals surface area contributed by atoms with Crippen molar-refractivity contribution >= 4 is 70.3 Å². The summed E-state index contributed by atoms with van der Waals surface area (Å²) in [5.74, 6) is 0.557. The smallest absolute Gasteiger partial charge is 0.681 e. The van der Waals surface area contributed by atoms with Crippen molar-refractivity contribution in [2.75, 3.05) is 13.7 Å².